The molecule has 1 aromatic carbocycles. The van der Waals surface area contributed by atoms with Gasteiger partial charge in [-0.25, -0.2) is 9.78 Å². The first-order chi connectivity index (χ1) is 11.7. The van der Waals surface area contributed by atoms with Gasteiger partial charge >= 0.3 is 6.03 Å². The number of carbonyl (C=O) groups excluding carboxylic acids is 1. The molecule has 24 heavy (non-hydrogen) atoms. The Bertz CT molecular complexity index is 769. The summed E-state index contributed by atoms with van der Waals surface area (Å²) in [6.07, 6.45) is 2.58. The highest BCUT2D eigenvalue weighted by Crippen LogP contribution is 2.17. The first kappa shape index (κ1) is 16.2. The van der Waals surface area contributed by atoms with Crippen molar-refractivity contribution in [3.8, 4) is 0 Å². The van der Waals surface area contributed by atoms with Gasteiger partial charge in [0.2, 0.25) is 0 Å². The predicted molar refractivity (Wildman–Crippen MR) is 95.3 cm³/mol. The highest BCUT2D eigenvalue weighted by molar-refractivity contribution is 7.07. The lowest BCUT2D eigenvalue weighted by atomic mass is 10.1. The maximum absolute atomic E-state index is 11.9. The van der Waals surface area contributed by atoms with Crippen LogP contribution in [-0.2, 0) is 6.42 Å². The molecule has 124 valence electrons. The number of nitrogens with one attached hydrogen (secondary N) is 2. The van der Waals surface area contributed by atoms with Crippen molar-refractivity contribution in [2.75, 3.05) is 11.9 Å². The largest absolute Gasteiger partial charge is 0.337 e. The molecule has 2 heterocycles. The van der Waals surface area contributed by atoms with Crippen LogP contribution < -0.4 is 10.6 Å². The van der Waals surface area contributed by atoms with Gasteiger partial charge in [-0.05, 0) is 12.5 Å². The molecule has 3 aromatic rings. The molecular formula is C17H19N5OS. The summed E-state index contributed by atoms with van der Waals surface area (Å²) in [6, 6.07) is 11.8. The Balaban J connectivity index is 1.51. The van der Waals surface area contributed by atoms with Gasteiger partial charge in [-0.1, -0.05) is 30.3 Å². The molecule has 6 nitrogen and oxygen atoms in total. The first-order valence-electron chi connectivity index (χ1n) is 7.74. The number of hydrogen-bond donors (Lipinski definition) is 2. The standard InChI is InChI=1S/C17H19N5OS/c1-13(14-5-3-2-4-6-14)22-10-8-16(21-22)20-17(23)18-9-7-15-11-24-12-19-15/h2-6,8,10-13H,7,9H2,1H3,(H2,18,20,21,23)/t13-/m0/s1. The van der Waals surface area contributed by atoms with Crippen LogP contribution >= 0.6 is 11.3 Å². The highest BCUT2D eigenvalue weighted by Gasteiger charge is 2.10. The molecule has 3 rings (SSSR count). The van der Waals surface area contributed by atoms with Crippen LogP contribution in [0.15, 0.2) is 53.5 Å². The van der Waals surface area contributed by atoms with E-state index in [9.17, 15) is 4.79 Å². The molecular weight excluding hydrogens is 322 g/mol. The van der Waals surface area contributed by atoms with Crippen molar-refractivity contribution in [1.82, 2.24) is 20.1 Å². The fourth-order valence-electron chi connectivity index (χ4n) is 2.33. The molecule has 1 atom stereocenters. The maximum atomic E-state index is 11.9. The number of benzene rings is 1. The zero-order valence-electron chi connectivity index (χ0n) is 13.3. The zero-order chi connectivity index (χ0) is 16.8. The third kappa shape index (κ3) is 4.20. The van der Waals surface area contributed by atoms with E-state index in [2.05, 4.69) is 39.8 Å². The SMILES string of the molecule is C[C@@H](c1ccccc1)n1ccc(NC(=O)NCCc2cscn2)n1. The van der Waals surface area contributed by atoms with Crippen molar-refractivity contribution in [2.45, 2.75) is 19.4 Å². The van der Waals surface area contributed by atoms with Crippen LogP contribution in [0.1, 0.15) is 24.2 Å². The fraction of sp³-hybridized carbons (Fsp3) is 0.235. The van der Waals surface area contributed by atoms with E-state index < -0.39 is 0 Å². The van der Waals surface area contributed by atoms with Gasteiger partial charge in [-0.2, -0.15) is 5.10 Å². The molecule has 2 N–H and O–H groups in total. The second-order valence-corrected chi connectivity index (χ2v) is 6.10. The number of nitrogens with zero attached hydrogens (tertiary/aromatic N) is 3. The van der Waals surface area contributed by atoms with Crippen molar-refractivity contribution in [1.29, 1.82) is 0 Å². The number of thiazole rings is 1. The van der Waals surface area contributed by atoms with Crippen molar-refractivity contribution in [2.24, 2.45) is 0 Å². The molecule has 0 spiro atoms. The average Bonchev–Trinajstić information content (AvgIpc) is 3.27. The molecule has 0 unspecified atom stereocenters. The van der Waals surface area contributed by atoms with Crippen molar-refractivity contribution in [3.63, 3.8) is 0 Å². The lowest BCUT2D eigenvalue weighted by Crippen LogP contribution is -2.30. The summed E-state index contributed by atoms with van der Waals surface area (Å²) in [7, 11) is 0. The molecule has 0 bridgehead atoms. The molecule has 2 amide bonds. The van der Waals surface area contributed by atoms with Crippen LogP contribution in [0, 0.1) is 0 Å². The number of aromatic nitrogens is 3. The molecule has 0 saturated heterocycles. The number of urea groups is 1. The minimum Gasteiger partial charge on any atom is -0.337 e. The van der Waals surface area contributed by atoms with Crippen LogP contribution in [0.2, 0.25) is 0 Å². The van der Waals surface area contributed by atoms with Gasteiger partial charge in [0.15, 0.2) is 5.82 Å². The van der Waals surface area contributed by atoms with Gasteiger partial charge in [0.05, 0.1) is 17.2 Å². The highest BCUT2D eigenvalue weighted by atomic mass is 32.1. The summed E-state index contributed by atoms with van der Waals surface area (Å²) >= 11 is 1.55. The number of amides is 2. The zero-order valence-corrected chi connectivity index (χ0v) is 14.2. The second kappa shape index (κ2) is 7.74. The van der Waals surface area contributed by atoms with Crippen LogP contribution in [0.4, 0.5) is 10.6 Å². The Labute approximate surface area is 144 Å². The van der Waals surface area contributed by atoms with E-state index >= 15 is 0 Å². The minimum absolute atomic E-state index is 0.106. The Morgan fingerprint density at radius 1 is 1.29 bits per heavy atom. The van der Waals surface area contributed by atoms with Gasteiger partial charge in [0.1, 0.15) is 0 Å². The first-order valence-corrected chi connectivity index (χ1v) is 8.68. The molecule has 7 heteroatoms. The number of anilines is 1. The molecule has 0 saturated carbocycles. The van der Waals surface area contributed by atoms with E-state index in [0.717, 1.165) is 12.1 Å². The number of rotatable bonds is 6. The Morgan fingerprint density at radius 3 is 2.88 bits per heavy atom. The Hall–Kier alpha value is -2.67. The maximum Gasteiger partial charge on any atom is 0.320 e. The molecule has 0 radical (unpaired) electrons. The Kier molecular flexibility index (Phi) is 5.22. The quantitative estimate of drug-likeness (QED) is 0.722. The van der Waals surface area contributed by atoms with Gasteiger partial charge in [-0.15, -0.1) is 11.3 Å². The molecule has 0 aliphatic carbocycles. The lowest BCUT2D eigenvalue weighted by molar-refractivity contribution is 0.252. The van der Waals surface area contributed by atoms with Crippen LogP contribution in [0.25, 0.3) is 0 Å². The van der Waals surface area contributed by atoms with Crippen molar-refractivity contribution < 1.29 is 4.79 Å². The predicted octanol–water partition coefficient (Wildman–Crippen LogP) is 3.31. The lowest BCUT2D eigenvalue weighted by Gasteiger charge is -2.12. The van der Waals surface area contributed by atoms with Gasteiger partial charge in [-0.3, -0.25) is 10.00 Å². The summed E-state index contributed by atoms with van der Waals surface area (Å²) in [6.45, 7) is 2.61. The average molecular weight is 341 g/mol. The van der Waals surface area contributed by atoms with Crippen molar-refractivity contribution >= 4 is 23.2 Å². The van der Waals surface area contributed by atoms with Crippen LogP contribution in [-0.4, -0.2) is 27.3 Å². The monoisotopic (exact) mass is 341 g/mol. The summed E-state index contributed by atoms with van der Waals surface area (Å²) in [5.74, 6) is 0.531. The van der Waals surface area contributed by atoms with E-state index in [0.29, 0.717) is 12.4 Å². The van der Waals surface area contributed by atoms with E-state index in [4.69, 9.17) is 0 Å². The topological polar surface area (TPSA) is 71.8 Å². The van der Waals surface area contributed by atoms with Gasteiger partial charge in [0, 0.05) is 30.6 Å². The van der Waals surface area contributed by atoms with Gasteiger partial charge in [0.25, 0.3) is 0 Å². The molecule has 0 aliphatic rings. The van der Waals surface area contributed by atoms with E-state index in [1.165, 1.54) is 5.56 Å². The number of hydrogen-bond acceptors (Lipinski definition) is 4. The smallest absolute Gasteiger partial charge is 0.320 e. The molecule has 0 fully saturated rings. The summed E-state index contributed by atoms with van der Waals surface area (Å²) in [5, 5.41) is 12.0. The van der Waals surface area contributed by atoms with Crippen molar-refractivity contribution in [3.05, 3.63) is 64.7 Å². The van der Waals surface area contributed by atoms with Crippen LogP contribution in [0.5, 0.6) is 0 Å². The normalized spacial score (nSPS) is 11.9. The van der Waals surface area contributed by atoms with E-state index in [1.807, 2.05) is 34.5 Å². The Morgan fingerprint density at radius 2 is 2.12 bits per heavy atom. The number of carbonyl (C=O) groups is 1. The van der Waals surface area contributed by atoms with Gasteiger partial charge < -0.3 is 5.32 Å². The summed E-state index contributed by atoms with van der Waals surface area (Å²) in [4.78, 5) is 16.1. The fourth-order valence-corrected chi connectivity index (χ4v) is 2.92. The van der Waals surface area contributed by atoms with E-state index in [-0.39, 0.29) is 12.1 Å². The second-order valence-electron chi connectivity index (χ2n) is 5.38. The molecule has 0 aliphatic heterocycles. The summed E-state index contributed by atoms with van der Waals surface area (Å²) < 4.78 is 1.83. The molecule has 2 aromatic heterocycles. The summed E-state index contributed by atoms with van der Waals surface area (Å²) in [5.41, 5.74) is 3.94. The third-order valence-electron chi connectivity index (χ3n) is 3.68. The van der Waals surface area contributed by atoms with Crippen LogP contribution in [0.3, 0.4) is 0 Å². The minimum atomic E-state index is -0.261. The van der Waals surface area contributed by atoms with E-state index in [1.54, 1.807) is 22.9 Å². The third-order valence-corrected chi connectivity index (χ3v) is 4.31.